The smallest absolute Gasteiger partial charge is 0.373 e. The second kappa shape index (κ2) is 5.27. The minimum absolute atomic E-state index is 0.204. The summed E-state index contributed by atoms with van der Waals surface area (Å²) in [5.41, 5.74) is 2.08. The van der Waals surface area contributed by atoms with Gasteiger partial charge in [-0.05, 0) is 36.2 Å². The lowest BCUT2D eigenvalue weighted by molar-refractivity contribution is 0.0563. The number of esters is 1. The van der Waals surface area contributed by atoms with Crippen LogP contribution in [0.1, 0.15) is 27.4 Å². The molecule has 18 heavy (non-hydrogen) atoms. The number of aryl methyl sites for hydroxylation is 1. The van der Waals surface area contributed by atoms with Crippen molar-refractivity contribution in [3.05, 3.63) is 58.0 Å². The van der Waals surface area contributed by atoms with Crippen LogP contribution in [0.3, 0.4) is 0 Å². The fraction of sp³-hybridized carbons (Fsp3) is 0.214. The molecule has 4 heteroatoms. The summed E-state index contributed by atoms with van der Waals surface area (Å²) in [4.78, 5) is 11.2. The van der Waals surface area contributed by atoms with Crippen molar-refractivity contribution in [2.45, 2.75) is 13.3 Å². The SMILES string of the molecule is COC(=O)c1ccc(Cc2ccc(C)cc2Cl)o1. The molecule has 0 aliphatic carbocycles. The van der Waals surface area contributed by atoms with E-state index in [9.17, 15) is 4.79 Å². The van der Waals surface area contributed by atoms with E-state index in [-0.39, 0.29) is 5.76 Å². The molecule has 0 atom stereocenters. The molecule has 3 nitrogen and oxygen atoms in total. The molecule has 0 amide bonds. The number of hydrogen-bond acceptors (Lipinski definition) is 3. The molecule has 2 rings (SSSR count). The van der Waals surface area contributed by atoms with Crippen LogP contribution >= 0.6 is 11.6 Å². The zero-order valence-corrected chi connectivity index (χ0v) is 11.0. The minimum Gasteiger partial charge on any atom is -0.463 e. The van der Waals surface area contributed by atoms with Crippen LogP contribution in [0, 0.1) is 6.92 Å². The number of halogens is 1. The third kappa shape index (κ3) is 2.74. The molecule has 0 aliphatic heterocycles. The molecule has 0 aliphatic rings. The maximum atomic E-state index is 11.2. The van der Waals surface area contributed by atoms with E-state index in [1.54, 1.807) is 12.1 Å². The first-order valence-electron chi connectivity index (χ1n) is 5.52. The Bertz CT molecular complexity index is 572. The summed E-state index contributed by atoms with van der Waals surface area (Å²) in [6, 6.07) is 9.20. The summed E-state index contributed by atoms with van der Waals surface area (Å²) in [7, 11) is 1.32. The number of rotatable bonds is 3. The van der Waals surface area contributed by atoms with Crippen LogP contribution in [-0.2, 0) is 11.2 Å². The molecule has 0 saturated carbocycles. The van der Waals surface area contributed by atoms with E-state index < -0.39 is 5.97 Å². The Morgan fingerprint density at radius 3 is 2.78 bits per heavy atom. The predicted octanol–water partition coefficient (Wildman–Crippen LogP) is 3.62. The fourth-order valence-electron chi connectivity index (χ4n) is 1.67. The number of ether oxygens (including phenoxy) is 1. The van der Waals surface area contributed by atoms with Crippen LogP contribution in [0.5, 0.6) is 0 Å². The second-order valence-corrected chi connectivity index (χ2v) is 4.44. The Labute approximate surface area is 110 Å². The average molecular weight is 265 g/mol. The van der Waals surface area contributed by atoms with Crippen molar-refractivity contribution in [2.75, 3.05) is 7.11 Å². The average Bonchev–Trinajstić information content (AvgIpc) is 2.80. The van der Waals surface area contributed by atoms with Gasteiger partial charge in [0, 0.05) is 11.4 Å². The Balaban J connectivity index is 2.18. The number of carbonyl (C=O) groups is 1. The highest BCUT2D eigenvalue weighted by molar-refractivity contribution is 6.31. The van der Waals surface area contributed by atoms with Gasteiger partial charge in [-0.1, -0.05) is 23.7 Å². The molecular formula is C14H13ClO3. The van der Waals surface area contributed by atoms with Gasteiger partial charge in [0.15, 0.2) is 0 Å². The predicted molar refractivity (Wildman–Crippen MR) is 69.0 cm³/mol. The Hall–Kier alpha value is -1.74. The largest absolute Gasteiger partial charge is 0.463 e. The highest BCUT2D eigenvalue weighted by atomic mass is 35.5. The van der Waals surface area contributed by atoms with Crippen LogP contribution < -0.4 is 0 Å². The number of furan rings is 1. The maximum absolute atomic E-state index is 11.2. The van der Waals surface area contributed by atoms with E-state index in [0.717, 1.165) is 11.1 Å². The molecule has 0 N–H and O–H groups in total. The summed E-state index contributed by atoms with van der Waals surface area (Å²) in [6.45, 7) is 1.98. The van der Waals surface area contributed by atoms with E-state index in [1.165, 1.54) is 7.11 Å². The second-order valence-electron chi connectivity index (χ2n) is 4.03. The summed E-state index contributed by atoms with van der Waals surface area (Å²) in [6.07, 6.45) is 0.552. The zero-order chi connectivity index (χ0) is 13.1. The highest BCUT2D eigenvalue weighted by Gasteiger charge is 2.12. The first-order chi connectivity index (χ1) is 8.60. The van der Waals surface area contributed by atoms with Gasteiger partial charge < -0.3 is 9.15 Å². The van der Waals surface area contributed by atoms with Crippen molar-refractivity contribution in [1.29, 1.82) is 0 Å². The maximum Gasteiger partial charge on any atom is 0.373 e. The van der Waals surface area contributed by atoms with Crippen LogP contribution in [0.25, 0.3) is 0 Å². The van der Waals surface area contributed by atoms with Crippen LogP contribution in [0.2, 0.25) is 5.02 Å². The lowest BCUT2D eigenvalue weighted by Crippen LogP contribution is -1.98. The van der Waals surface area contributed by atoms with Gasteiger partial charge >= 0.3 is 5.97 Å². The molecule has 1 aromatic carbocycles. The van der Waals surface area contributed by atoms with Gasteiger partial charge in [-0.2, -0.15) is 0 Å². The minimum atomic E-state index is -0.476. The molecule has 0 spiro atoms. The van der Waals surface area contributed by atoms with Crippen LogP contribution in [0.4, 0.5) is 0 Å². The van der Waals surface area contributed by atoms with Crippen molar-refractivity contribution < 1.29 is 13.9 Å². The number of methoxy groups -OCH3 is 1. The van der Waals surface area contributed by atoms with Crippen LogP contribution in [0.15, 0.2) is 34.7 Å². The van der Waals surface area contributed by atoms with Crippen LogP contribution in [-0.4, -0.2) is 13.1 Å². The lowest BCUT2D eigenvalue weighted by Gasteiger charge is -2.03. The van der Waals surface area contributed by atoms with Crippen molar-refractivity contribution in [3.8, 4) is 0 Å². The van der Waals surface area contributed by atoms with E-state index in [2.05, 4.69) is 4.74 Å². The van der Waals surface area contributed by atoms with Gasteiger partial charge in [-0.3, -0.25) is 0 Å². The summed E-state index contributed by atoms with van der Waals surface area (Å²) < 4.78 is 9.97. The van der Waals surface area contributed by atoms with Crippen molar-refractivity contribution in [1.82, 2.24) is 0 Å². The molecule has 2 aromatic rings. The third-order valence-corrected chi connectivity index (χ3v) is 2.97. The van der Waals surface area contributed by atoms with Gasteiger partial charge in [-0.15, -0.1) is 0 Å². The monoisotopic (exact) mass is 264 g/mol. The molecule has 0 radical (unpaired) electrons. The summed E-state index contributed by atoms with van der Waals surface area (Å²) in [5, 5.41) is 0.700. The van der Waals surface area contributed by atoms with E-state index in [1.807, 2.05) is 25.1 Å². The van der Waals surface area contributed by atoms with E-state index >= 15 is 0 Å². The van der Waals surface area contributed by atoms with Crippen molar-refractivity contribution in [3.63, 3.8) is 0 Å². The molecule has 1 aromatic heterocycles. The Morgan fingerprint density at radius 1 is 1.33 bits per heavy atom. The molecular weight excluding hydrogens is 252 g/mol. The molecule has 0 fully saturated rings. The van der Waals surface area contributed by atoms with E-state index in [4.69, 9.17) is 16.0 Å². The van der Waals surface area contributed by atoms with Crippen molar-refractivity contribution >= 4 is 17.6 Å². The third-order valence-electron chi connectivity index (χ3n) is 2.62. The summed E-state index contributed by atoms with van der Waals surface area (Å²) >= 11 is 6.14. The normalized spacial score (nSPS) is 10.4. The standard InChI is InChI=1S/C14H13ClO3/c1-9-3-4-10(12(15)7-9)8-11-5-6-13(18-11)14(16)17-2/h3-7H,8H2,1-2H3. The number of carbonyl (C=O) groups excluding carboxylic acids is 1. The molecule has 0 bridgehead atoms. The first-order valence-corrected chi connectivity index (χ1v) is 5.90. The highest BCUT2D eigenvalue weighted by Crippen LogP contribution is 2.22. The van der Waals surface area contributed by atoms with Gasteiger partial charge in [-0.25, -0.2) is 4.79 Å². The van der Waals surface area contributed by atoms with Gasteiger partial charge in [0.25, 0.3) is 0 Å². The Kier molecular flexibility index (Phi) is 3.72. The van der Waals surface area contributed by atoms with Gasteiger partial charge in [0.05, 0.1) is 7.11 Å². The van der Waals surface area contributed by atoms with E-state index in [0.29, 0.717) is 17.2 Å². The molecule has 1 heterocycles. The van der Waals surface area contributed by atoms with Crippen molar-refractivity contribution in [2.24, 2.45) is 0 Å². The zero-order valence-electron chi connectivity index (χ0n) is 10.2. The lowest BCUT2D eigenvalue weighted by atomic mass is 10.1. The fourth-order valence-corrected chi connectivity index (χ4v) is 1.97. The van der Waals surface area contributed by atoms with Gasteiger partial charge in [0.2, 0.25) is 5.76 Å². The number of hydrogen-bond donors (Lipinski definition) is 0. The molecule has 94 valence electrons. The molecule has 0 unspecified atom stereocenters. The quantitative estimate of drug-likeness (QED) is 0.795. The topological polar surface area (TPSA) is 39.4 Å². The Morgan fingerprint density at radius 2 is 2.11 bits per heavy atom. The first kappa shape index (κ1) is 12.7. The van der Waals surface area contributed by atoms with Gasteiger partial charge in [0.1, 0.15) is 5.76 Å². The molecule has 0 saturated heterocycles. The number of benzene rings is 1. The summed E-state index contributed by atoms with van der Waals surface area (Å²) in [5.74, 6) is 0.410.